The number of allylic oxidation sites excluding steroid dienone is 2. The molecule has 2 N–H and O–H groups in total. The SMILES string of the molecule is CC=CC=NNc1nc2ccccc2[nH]1. The summed E-state index contributed by atoms with van der Waals surface area (Å²) in [6.45, 7) is 1.94. The molecule has 0 atom stereocenters. The average Bonchev–Trinajstić information content (AvgIpc) is 2.67. The number of nitrogens with zero attached hydrogens (tertiary/aromatic N) is 2. The molecule has 15 heavy (non-hydrogen) atoms. The Hall–Kier alpha value is -2.10. The average molecular weight is 200 g/mol. The zero-order valence-corrected chi connectivity index (χ0v) is 8.44. The molecule has 2 rings (SSSR count). The predicted octanol–water partition coefficient (Wildman–Crippen LogP) is 2.54. The van der Waals surface area contributed by atoms with Crippen LogP contribution in [-0.2, 0) is 0 Å². The van der Waals surface area contributed by atoms with Gasteiger partial charge in [-0.1, -0.05) is 18.2 Å². The zero-order valence-electron chi connectivity index (χ0n) is 8.44. The highest BCUT2D eigenvalue weighted by Gasteiger charge is 1.98. The van der Waals surface area contributed by atoms with Gasteiger partial charge in [-0.25, -0.2) is 10.4 Å². The van der Waals surface area contributed by atoms with E-state index in [9.17, 15) is 0 Å². The van der Waals surface area contributed by atoms with E-state index in [2.05, 4.69) is 20.5 Å². The van der Waals surface area contributed by atoms with Gasteiger partial charge in [0.05, 0.1) is 11.0 Å². The minimum absolute atomic E-state index is 0.650. The Bertz CT molecular complexity index is 463. The van der Waals surface area contributed by atoms with E-state index in [1.54, 1.807) is 6.21 Å². The van der Waals surface area contributed by atoms with Gasteiger partial charge in [0.2, 0.25) is 5.95 Å². The summed E-state index contributed by atoms with van der Waals surface area (Å²) in [5.74, 6) is 0.650. The van der Waals surface area contributed by atoms with Gasteiger partial charge in [-0.3, -0.25) is 0 Å². The molecule has 0 aliphatic carbocycles. The number of benzene rings is 1. The van der Waals surface area contributed by atoms with Crippen LogP contribution in [0, 0.1) is 0 Å². The van der Waals surface area contributed by atoms with Crippen molar-refractivity contribution < 1.29 is 0 Å². The molecule has 0 fully saturated rings. The van der Waals surface area contributed by atoms with Crippen LogP contribution in [-0.4, -0.2) is 16.2 Å². The van der Waals surface area contributed by atoms with Crippen LogP contribution in [0.2, 0.25) is 0 Å². The lowest BCUT2D eigenvalue weighted by Gasteiger charge is -1.90. The molecule has 0 aliphatic heterocycles. The Morgan fingerprint density at radius 1 is 1.40 bits per heavy atom. The highest BCUT2D eigenvalue weighted by atomic mass is 15.3. The van der Waals surface area contributed by atoms with Gasteiger partial charge in [0.15, 0.2) is 0 Å². The third-order valence-electron chi connectivity index (χ3n) is 1.91. The van der Waals surface area contributed by atoms with E-state index >= 15 is 0 Å². The lowest BCUT2D eigenvalue weighted by atomic mass is 10.3. The number of rotatable bonds is 3. The number of para-hydroxylation sites is 2. The highest BCUT2D eigenvalue weighted by molar-refractivity contribution is 5.77. The van der Waals surface area contributed by atoms with Gasteiger partial charge in [0.25, 0.3) is 0 Å². The zero-order chi connectivity index (χ0) is 10.5. The molecule has 0 unspecified atom stereocenters. The molecule has 4 heteroatoms. The second kappa shape index (κ2) is 4.41. The van der Waals surface area contributed by atoms with Crippen LogP contribution in [0.25, 0.3) is 11.0 Å². The van der Waals surface area contributed by atoms with Crippen molar-refractivity contribution in [3.05, 3.63) is 36.4 Å². The van der Waals surface area contributed by atoms with Crippen molar-refractivity contribution in [3.8, 4) is 0 Å². The van der Waals surface area contributed by atoms with Crippen molar-refractivity contribution in [2.75, 3.05) is 5.43 Å². The van der Waals surface area contributed by atoms with Gasteiger partial charge in [-0.2, -0.15) is 5.10 Å². The Labute approximate surface area is 87.7 Å². The summed E-state index contributed by atoms with van der Waals surface area (Å²) in [6, 6.07) is 7.85. The minimum Gasteiger partial charge on any atom is -0.323 e. The van der Waals surface area contributed by atoms with E-state index in [1.807, 2.05) is 43.3 Å². The summed E-state index contributed by atoms with van der Waals surface area (Å²) >= 11 is 0. The van der Waals surface area contributed by atoms with Crippen LogP contribution in [0.5, 0.6) is 0 Å². The molecule has 0 amide bonds. The van der Waals surface area contributed by atoms with E-state index in [0.29, 0.717) is 5.95 Å². The molecule has 76 valence electrons. The minimum atomic E-state index is 0.650. The standard InChI is InChI=1S/C11H12N4/c1-2-3-8-12-15-11-13-9-6-4-5-7-10(9)14-11/h2-8H,1H3,(H2,13,14,15). The molecular weight excluding hydrogens is 188 g/mol. The van der Waals surface area contributed by atoms with Crippen molar-refractivity contribution in [2.24, 2.45) is 5.10 Å². The number of aromatic nitrogens is 2. The fourth-order valence-electron chi connectivity index (χ4n) is 1.23. The molecule has 0 saturated heterocycles. The van der Waals surface area contributed by atoms with Crippen LogP contribution in [0.4, 0.5) is 5.95 Å². The number of anilines is 1. The maximum absolute atomic E-state index is 4.31. The van der Waals surface area contributed by atoms with Crippen molar-refractivity contribution in [3.63, 3.8) is 0 Å². The van der Waals surface area contributed by atoms with Gasteiger partial charge < -0.3 is 4.98 Å². The van der Waals surface area contributed by atoms with Crippen molar-refractivity contribution >= 4 is 23.2 Å². The largest absolute Gasteiger partial charge is 0.323 e. The summed E-state index contributed by atoms with van der Waals surface area (Å²) in [5.41, 5.74) is 4.75. The van der Waals surface area contributed by atoms with Crippen molar-refractivity contribution in [1.29, 1.82) is 0 Å². The van der Waals surface area contributed by atoms with E-state index in [1.165, 1.54) is 0 Å². The van der Waals surface area contributed by atoms with E-state index in [-0.39, 0.29) is 0 Å². The normalized spacial score (nSPS) is 11.8. The van der Waals surface area contributed by atoms with Gasteiger partial charge in [0.1, 0.15) is 0 Å². The number of nitrogens with one attached hydrogen (secondary N) is 2. The fourth-order valence-corrected chi connectivity index (χ4v) is 1.23. The summed E-state index contributed by atoms with van der Waals surface area (Å²) < 4.78 is 0. The first-order chi connectivity index (χ1) is 7.40. The summed E-state index contributed by atoms with van der Waals surface area (Å²) in [4.78, 5) is 7.42. The molecule has 0 spiro atoms. The molecule has 0 aliphatic rings. The number of fused-ring (bicyclic) bond motifs is 1. The molecule has 1 aromatic heterocycles. The number of hydrogen-bond acceptors (Lipinski definition) is 3. The Balaban J connectivity index is 2.15. The Morgan fingerprint density at radius 2 is 2.27 bits per heavy atom. The van der Waals surface area contributed by atoms with Crippen molar-refractivity contribution in [2.45, 2.75) is 6.92 Å². The quantitative estimate of drug-likeness (QED) is 0.591. The van der Waals surface area contributed by atoms with E-state index in [0.717, 1.165) is 11.0 Å². The van der Waals surface area contributed by atoms with Crippen LogP contribution >= 0.6 is 0 Å². The van der Waals surface area contributed by atoms with Crippen molar-refractivity contribution in [1.82, 2.24) is 9.97 Å². The van der Waals surface area contributed by atoms with Crippen LogP contribution in [0.3, 0.4) is 0 Å². The van der Waals surface area contributed by atoms with Gasteiger partial charge in [0, 0.05) is 6.21 Å². The number of imidazole rings is 1. The molecule has 2 aromatic rings. The van der Waals surface area contributed by atoms with Crippen LogP contribution in [0.1, 0.15) is 6.92 Å². The monoisotopic (exact) mass is 200 g/mol. The number of H-pyrrole nitrogens is 1. The maximum Gasteiger partial charge on any atom is 0.222 e. The van der Waals surface area contributed by atoms with Gasteiger partial charge in [-0.15, -0.1) is 0 Å². The third-order valence-corrected chi connectivity index (χ3v) is 1.91. The van der Waals surface area contributed by atoms with Gasteiger partial charge in [-0.05, 0) is 25.1 Å². The lowest BCUT2D eigenvalue weighted by Crippen LogP contribution is -1.89. The molecule has 0 radical (unpaired) electrons. The molecule has 0 bridgehead atoms. The summed E-state index contributed by atoms with van der Waals surface area (Å²) in [6.07, 6.45) is 5.42. The second-order valence-corrected chi connectivity index (χ2v) is 3.02. The number of hydrazone groups is 1. The van der Waals surface area contributed by atoms with E-state index in [4.69, 9.17) is 0 Å². The predicted molar refractivity (Wildman–Crippen MR) is 63.0 cm³/mol. The van der Waals surface area contributed by atoms with E-state index < -0.39 is 0 Å². The van der Waals surface area contributed by atoms with Crippen LogP contribution in [0.15, 0.2) is 41.5 Å². The second-order valence-electron chi connectivity index (χ2n) is 3.02. The molecule has 1 aromatic carbocycles. The third kappa shape index (κ3) is 2.22. The summed E-state index contributed by atoms with van der Waals surface area (Å²) in [5, 5.41) is 3.97. The molecule has 4 nitrogen and oxygen atoms in total. The molecule has 1 heterocycles. The Kier molecular flexibility index (Phi) is 2.78. The first kappa shape index (κ1) is 9.45. The smallest absolute Gasteiger partial charge is 0.222 e. The number of hydrogen-bond donors (Lipinski definition) is 2. The van der Waals surface area contributed by atoms with Crippen LogP contribution < -0.4 is 5.43 Å². The summed E-state index contributed by atoms with van der Waals surface area (Å²) in [7, 11) is 0. The fraction of sp³-hybridized carbons (Fsp3) is 0.0909. The highest BCUT2D eigenvalue weighted by Crippen LogP contribution is 2.12. The molecular formula is C11H12N4. The first-order valence-electron chi connectivity index (χ1n) is 4.75. The first-order valence-corrected chi connectivity index (χ1v) is 4.75. The lowest BCUT2D eigenvalue weighted by molar-refractivity contribution is 1.22. The van der Waals surface area contributed by atoms with Gasteiger partial charge >= 0.3 is 0 Å². The molecule has 0 saturated carbocycles. The Morgan fingerprint density at radius 3 is 3.07 bits per heavy atom. The topological polar surface area (TPSA) is 53.1 Å². The maximum atomic E-state index is 4.31. The number of aromatic amines is 1.